The Bertz CT molecular complexity index is 1090. The number of thioether (sulfide) groups is 1. The summed E-state index contributed by atoms with van der Waals surface area (Å²) in [5.41, 5.74) is -1.97. The summed E-state index contributed by atoms with van der Waals surface area (Å²) in [5.74, 6) is -1.45. The van der Waals surface area contributed by atoms with Gasteiger partial charge in [0, 0.05) is 11.0 Å². The number of carbonyl (C=O) groups excluding carboxylic acids is 2. The van der Waals surface area contributed by atoms with Crippen LogP contribution in [0.4, 0.5) is 30.2 Å². The molecule has 2 N–H and O–H groups in total. The lowest BCUT2D eigenvalue weighted by molar-refractivity contribution is -0.384. The molecule has 0 radical (unpaired) electrons. The van der Waals surface area contributed by atoms with Gasteiger partial charge in [-0.15, -0.1) is 11.8 Å². The Morgan fingerprint density at radius 1 is 1.24 bits per heavy atom. The highest BCUT2D eigenvalue weighted by atomic mass is 32.2. The Hall–Kier alpha value is -3.79. The van der Waals surface area contributed by atoms with Crippen molar-refractivity contribution in [2.24, 2.45) is 0 Å². The van der Waals surface area contributed by atoms with E-state index in [4.69, 9.17) is 10.00 Å². The fourth-order valence-corrected chi connectivity index (χ4v) is 3.20. The van der Waals surface area contributed by atoms with Crippen LogP contribution in [0.25, 0.3) is 0 Å². The van der Waals surface area contributed by atoms with E-state index in [1.807, 2.05) is 6.07 Å². The average molecular weight is 482 g/mol. The fraction of sp³-hybridized carbons (Fsp3) is 0.250. The van der Waals surface area contributed by atoms with Crippen LogP contribution in [0.3, 0.4) is 0 Å². The van der Waals surface area contributed by atoms with Crippen LogP contribution in [-0.2, 0) is 20.5 Å². The van der Waals surface area contributed by atoms with Crippen molar-refractivity contribution in [3.05, 3.63) is 58.1 Å². The predicted molar refractivity (Wildman–Crippen MR) is 114 cm³/mol. The van der Waals surface area contributed by atoms with Gasteiger partial charge in [-0.1, -0.05) is 12.1 Å². The molecule has 2 aromatic carbocycles. The summed E-state index contributed by atoms with van der Waals surface area (Å²) < 4.78 is 43.3. The number of nitrogens with one attached hydrogen (secondary N) is 2. The molecular weight excluding hydrogens is 465 g/mol. The van der Waals surface area contributed by atoms with Crippen molar-refractivity contribution in [3.8, 4) is 6.07 Å². The second-order valence-corrected chi connectivity index (χ2v) is 7.47. The summed E-state index contributed by atoms with van der Waals surface area (Å²) in [6, 6.07) is 9.30. The van der Waals surface area contributed by atoms with Gasteiger partial charge in [0.25, 0.3) is 11.6 Å². The van der Waals surface area contributed by atoms with Crippen LogP contribution < -0.4 is 10.6 Å². The topological polar surface area (TPSA) is 134 Å². The van der Waals surface area contributed by atoms with Crippen LogP contribution >= 0.6 is 11.8 Å². The van der Waals surface area contributed by atoms with E-state index in [1.54, 1.807) is 24.3 Å². The van der Waals surface area contributed by atoms with E-state index >= 15 is 0 Å². The maximum absolute atomic E-state index is 12.8. The minimum Gasteiger partial charge on any atom is -0.454 e. The molecule has 13 heteroatoms. The average Bonchev–Trinajstić information content (AvgIpc) is 2.76. The number of esters is 1. The molecule has 33 heavy (non-hydrogen) atoms. The largest absolute Gasteiger partial charge is 0.454 e. The second-order valence-electron chi connectivity index (χ2n) is 6.45. The lowest BCUT2D eigenvalue weighted by Crippen LogP contribution is -2.31. The quantitative estimate of drug-likeness (QED) is 0.235. The molecule has 174 valence electrons. The highest BCUT2D eigenvalue weighted by molar-refractivity contribution is 7.99. The molecule has 2 aromatic rings. The van der Waals surface area contributed by atoms with E-state index in [9.17, 15) is 32.9 Å². The molecular formula is C20H17F3N4O5S. The summed E-state index contributed by atoms with van der Waals surface area (Å²) in [5, 5.41) is 24.8. The maximum Gasteiger partial charge on any atom is 0.416 e. The lowest BCUT2D eigenvalue weighted by Gasteiger charge is -2.16. The Balaban J connectivity index is 1.98. The molecule has 1 unspecified atom stereocenters. The Labute approximate surface area is 190 Å². The number of nitro groups is 1. The SMILES string of the molecule is CC(Nc1ccc(C(F)(F)F)cc1[N+](=O)[O-])C(=O)OCC(=O)Nc1ccccc1SCC#N. The molecule has 0 bridgehead atoms. The molecule has 1 atom stereocenters. The molecule has 0 spiro atoms. The zero-order valence-corrected chi connectivity index (χ0v) is 17.8. The third-order valence-corrected chi connectivity index (χ3v) is 4.99. The highest BCUT2D eigenvalue weighted by Gasteiger charge is 2.33. The summed E-state index contributed by atoms with van der Waals surface area (Å²) >= 11 is 1.21. The van der Waals surface area contributed by atoms with Gasteiger partial charge in [0.05, 0.1) is 28.0 Å². The molecule has 1 amide bonds. The van der Waals surface area contributed by atoms with Gasteiger partial charge >= 0.3 is 12.1 Å². The zero-order chi connectivity index (χ0) is 24.6. The van der Waals surface area contributed by atoms with Crippen molar-refractivity contribution < 1.29 is 32.4 Å². The first kappa shape index (κ1) is 25.5. The first-order chi connectivity index (χ1) is 15.5. The van der Waals surface area contributed by atoms with Crippen LogP contribution in [0.15, 0.2) is 47.4 Å². The summed E-state index contributed by atoms with van der Waals surface area (Å²) in [4.78, 5) is 35.1. The number of alkyl halides is 3. The van der Waals surface area contributed by atoms with Gasteiger partial charge in [-0.25, -0.2) is 4.79 Å². The van der Waals surface area contributed by atoms with Gasteiger partial charge in [-0.05, 0) is 31.2 Å². The molecule has 0 aliphatic heterocycles. The lowest BCUT2D eigenvalue weighted by atomic mass is 10.1. The summed E-state index contributed by atoms with van der Waals surface area (Å²) in [6.07, 6.45) is -4.77. The van der Waals surface area contributed by atoms with Gasteiger partial charge in [0.15, 0.2) is 6.61 Å². The van der Waals surface area contributed by atoms with Gasteiger partial charge in [0.2, 0.25) is 0 Å². The van der Waals surface area contributed by atoms with Crippen molar-refractivity contribution >= 4 is 40.7 Å². The minimum absolute atomic E-state index is 0.168. The van der Waals surface area contributed by atoms with Crippen LogP contribution in [-0.4, -0.2) is 35.2 Å². The number of anilines is 2. The number of amides is 1. The molecule has 9 nitrogen and oxygen atoms in total. The Kier molecular flexibility index (Phi) is 8.63. The first-order valence-electron chi connectivity index (χ1n) is 9.20. The Morgan fingerprint density at radius 2 is 1.94 bits per heavy atom. The van der Waals surface area contributed by atoms with Crippen molar-refractivity contribution in [3.63, 3.8) is 0 Å². The van der Waals surface area contributed by atoms with Gasteiger partial charge in [-0.2, -0.15) is 18.4 Å². The predicted octanol–water partition coefficient (Wildman–Crippen LogP) is 4.21. The molecule has 0 fully saturated rings. The van der Waals surface area contributed by atoms with Crippen LogP contribution in [0.2, 0.25) is 0 Å². The zero-order valence-electron chi connectivity index (χ0n) is 17.0. The van der Waals surface area contributed by atoms with E-state index in [0.717, 1.165) is 6.07 Å². The number of carbonyl (C=O) groups is 2. The molecule has 0 heterocycles. The molecule has 0 aliphatic carbocycles. The molecule has 0 aromatic heterocycles. The van der Waals surface area contributed by atoms with Gasteiger partial charge < -0.3 is 15.4 Å². The highest BCUT2D eigenvalue weighted by Crippen LogP contribution is 2.35. The van der Waals surface area contributed by atoms with Crippen LogP contribution in [0.5, 0.6) is 0 Å². The molecule has 2 rings (SSSR count). The number of rotatable bonds is 9. The fourth-order valence-electron chi connectivity index (χ4n) is 2.53. The number of nitrogens with zero attached hydrogens (tertiary/aromatic N) is 2. The number of nitriles is 1. The van der Waals surface area contributed by atoms with Crippen LogP contribution in [0.1, 0.15) is 12.5 Å². The maximum atomic E-state index is 12.8. The van der Waals surface area contributed by atoms with E-state index in [-0.39, 0.29) is 11.4 Å². The number of hydrogen-bond donors (Lipinski definition) is 2. The number of nitro benzene ring substituents is 1. The van der Waals surface area contributed by atoms with Gasteiger partial charge in [-0.3, -0.25) is 14.9 Å². The third kappa shape index (κ3) is 7.39. The minimum atomic E-state index is -4.77. The third-order valence-electron chi connectivity index (χ3n) is 4.05. The monoisotopic (exact) mass is 482 g/mol. The van der Waals surface area contributed by atoms with Crippen molar-refractivity contribution in [1.29, 1.82) is 5.26 Å². The van der Waals surface area contributed by atoms with Crippen LogP contribution in [0, 0.1) is 21.4 Å². The number of para-hydroxylation sites is 1. The Morgan fingerprint density at radius 3 is 2.58 bits per heavy atom. The summed E-state index contributed by atoms with van der Waals surface area (Å²) in [6.45, 7) is 0.604. The van der Waals surface area contributed by atoms with E-state index in [2.05, 4.69) is 10.6 Å². The summed E-state index contributed by atoms with van der Waals surface area (Å²) in [7, 11) is 0. The van der Waals surface area contributed by atoms with E-state index in [0.29, 0.717) is 22.7 Å². The molecule has 0 saturated carbocycles. The van der Waals surface area contributed by atoms with Crippen molar-refractivity contribution in [1.82, 2.24) is 0 Å². The number of ether oxygens (including phenoxy) is 1. The standard InChI is InChI=1S/C20H17F3N4O5S/c1-12(25-14-7-6-13(20(21,22)23)10-16(14)27(30)31)19(29)32-11-18(28)26-15-4-2-3-5-17(15)33-9-8-24/h2-7,10,12,25H,9,11H2,1H3,(H,26,28). The second kappa shape index (κ2) is 11.2. The normalized spacial score (nSPS) is 11.7. The smallest absolute Gasteiger partial charge is 0.416 e. The molecule has 0 aliphatic rings. The molecule has 0 saturated heterocycles. The van der Waals surface area contributed by atoms with Gasteiger partial charge in [0.1, 0.15) is 11.7 Å². The van der Waals surface area contributed by atoms with E-state index in [1.165, 1.54) is 18.7 Å². The van der Waals surface area contributed by atoms with Crippen molar-refractivity contribution in [2.75, 3.05) is 23.0 Å². The first-order valence-corrected chi connectivity index (χ1v) is 10.2. The van der Waals surface area contributed by atoms with E-state index < -0.39 is 46.9 Å². The number of benzene rings is 2. The number of hydrogen-bond acceptors (Lipinski definition) is 8. The van der Waals surface area contributed by atoms with Crippen molar-refractivity contribution in [2.45, 2.75) is 24.0 Å². The number of halogens is 3.